The molecule has 0 spiro atoms. The monoisotopic (exact) mass is 1010 g/mol. The van der Waals surface area contributed by atoms with E-state index in [1.807, 2.05) is 91.9 Å². The summed E-state index contributed by atoms with van der Waals surface area (Å²) in [5.74, 6) is 2.40. The molecule has 0 amide bonds. The fourth-order valence-electron chi connectivity index (χ4n) is 8.24. The number of anilines is 6. The summed E-state index contributed by atoms with van der Waals surface area (Å²) < 4.78 is 10.1. The summed E-state index contributed by atoms with van der Waals surface area (Å²) in [6.45, 7) is 11.5. The van der Waals surface area contributed by atoms with E-state index >= 15 is 0 Å². The molecular formula is C56H53N19O. The first kappa shape index (κ1) is 49.5. The number of nitrogens with zero attached hydrogens (tertiary/aromatic N) is 16. The van der Waals surface area contributed by atoms with Crippen LogP contribution < -0.4 is 20.7 Å². The minimum absolute atomic E-state index is 0.508. The number of benzene rings is 3. The van der Waals surface area contributed by atoms with E-state index in [0.717, 1.165) is 98.3 Å². The van der Waals surface area contributed by atoms with E-state index in [1.165, 1.54) is 11.1 Å². The van der Waals surface area contributed by atoms with E-state index < -0.39 is 0 Å². The van der Waals surface area contributed by atoms with E-state index in [2.05, 4.69) is 139 Å². The van der Waals surface area contributed by atoms with Crippen LogP contribution in [0.25, 0.3) is 50.3 Å². The van der Waals surface area contributed by atoms with Crippen LogP contribution in [-0.4, -0.2) is 99.5 Å². The molecule has 9 heterocycles. The van der Waals surface area contributed by atoms with Gasteiger partial charge in [-0.2, -0.15) is 44.5 Å². The van der Waals surface area contributed by atoms with Crippen molar-refractivity contribution < 1.29 is 4.74 Å². The van der Waals surface area contributed by atoms with Crippen molar-refractivity contribution in [2.24, 2.45) is 0 Å². The summed E-state index contributed by atoms with van der Waals surface area (Å²) >= 11 is 0. The standard InChI is InChI=1S/C21H23N7.C18H16N6O.C17H14N6/c1-3-27(4-2)15-16-7-9-17(10-8-16)25-21-22-13-11-19(26-21)18-14-24-28-20(18)6-5-12-23-28;1-12-8-13(10-14(9-12)25-2)22-18-19-7-5-16(23-18)15-11-21-24-17(15)4-3-6-20-24;1-12-4-2-5-13(10-12)21-17-18-9-7-15(22-17)14-11-20-23-16(14)6-3-8-19-23/h5-14H,3-4,15H2,1-2H3,(H,22,25,26);3-11H,1-2H3,(H,19,22,23);2-11H,1H3,(H,18,21,22). The van der Waals surface area contributed by atoms with Gasteiger partial charge >= 0.3 is 0 Å². The molecule has 12 aromatic rings. The highest BCUT2D eigenvalue weighted by molar-refractivity contribution is 5.79. The van der Waals surface area contributed by atoms with Gasteiger partial charge in [0, 0.05) is 83.5 Å². The molecule has 3 aromatic carbocycles. The highest BCUT2D eigenvalue weighted by Gasteiger charge is 2.13. The molecule has 0 bridgehead atoms. The maximum absolute atomic E-state index is 5.31. The van der Waals surface area contributed by atoms with Gasteiger partial charge in [-0.15, -0.1) is 0 Å². The zero-order chi connectivity index (χ0) is 52.2. The van der Waals surface area contributed by atoms with Crippen molar-refractivity contribution in [1.29, 1.82) is 0 Å². The van der Waals surface area contributed by atoms with Gasteiger partial charge in [0.05, 0.1) is 59.3 Å². The van der Waals surface area contributed by atoms with E-state index in [9.17, 15) is 0 Å². The molecule has 378 valence electrons. The van der Waals surface area contributed by atoms with Gasteiger partial charge in [0.25, 0.3) is 0 Å². The first-order valence-electron chi connectivity index (χ1n) is 24.5. The van der Waals surface area contributed by atoms with Crippen molar-refractivity contribution >= 4 is 51.5 Å². The lowest BCUT2D eigenvalue weighted by molar-refractivity contribution is 0.296. The SMILES string of the molecule is CCN(CC)Cc1ccc(Nc2nccc(-c3cnn4ncccc34)n2)cc1.COc1cc(C)cc(Nc2nccc(-c3cnn4ncccc34)n2)c1.Cc1cccc(Nc2nccc(-c3cnn4ncccc34)n2)c1. The van der Waals surface area contributed by atoms with Gasteiger partial charge in [-0.05, 0) is 135 Å². The van der Waals surface area contributed by atoms with Crippen LogP contribution in [0, 0.1) is 13.8 Å². The van der Waals surface area contributed by atoms with Gasteiger partial charge in [0.15, 0.2) is 0 Å². The first-order valence-corrected chi connectivity index (χ1v) is 24.5. The van der Waals surface area contributed by atoms with Crippen LogP contribution in [0.3, 0.4) is 0 Å². The molecule has 0 fully saturated rings. The Hall–Kier alpha value is -10.1. The second kappa shape index (κ2) is 23.2. The third kappa shape index (κ3) is 11.9. The summed E-state index contributed by atoms with van der Waals surface area (Å²) in [5, 5.41) is 35.1. The van der Waals surface area contributed by atoms with Crippen molar-refractivity contribution in [3.63, 3.8) is 0 Å². The van der Waals surface area contributed by atoms with Crippen LogP contribution >= 0.6 is 0 Å². The van der Waals surface area contributed by atoms with Crippen LogP contribution in [0.15, 0.2) is 177 Å². The molecule has 20 heteroatoms. The molecule has 0 aliphatic rings. The Morgan fingerprint density at radius 3 is 1.37 bits per heavy atom. The van der Waals surface area contributed by atoms with Gasteiger partial charge in [0.2, 0.25) is 17.8 Å². The maximum atomic E-state index is 5.31. The second-order valence-corrected chi connectivity index (χ2v) is 17.3. The van der Waals surface area contributed by atoms with Crippen LogP contribution in [0.4, 0.5) is 34.9 Å². The lowest BCUT2D eigenvalue weighted by Gasteiger charge is -2.18. The Bertz CT molecular complexity index is 3870. The van der Waals surface area contributed by atoms with Crippen LogP contribution in [-0.2, 0) is 6.54 Å². The number of fused-ring (bicyclic) bond motifs is 3. The third-order valence-electron chi connectivity index (χ3n) is 12.0. The van der Waals surface area contributed by atoms with E-state index in [0.29, 0.717) is 17.8 Å². The van der Waals surface area contributed by atoms with Gasteiger partial charge in [-0.25, -0.2) is 29.9 Å². The van der Waals surface area contributed by atoms with Crippen molar-refractivity contribution in [1.82, 2.24) is 79.3 Å². The smallest absolute Gasteiger partial charge is 0.227 e. The average Bonchev–Trinajstić information content (AvgIpc) is 4.23. The molecule has 0 saturated heterocycles. The second-order valence-electron chi connectivity index (χ2n) is 17.3. The number of hydrogen-bond acceptors (Lipinski definition) is 17. The summed E-state index contributed by atoms with van der Waals surface area (Å²) in [7, 11) is 1.65. The lowest BCUT2D eigenvalue weighted by atomic mass is 10.2. The predicted molar refractivity (Wildman–Crippen MR) is 294 cm³/mol. The molecule has 0 atom stereocenters. The number of rotatable bonds is 14. The summed E-state index contributed by atoms with van der Waals surface area (Å²) in [4.78, 5) is 29.2. The molecule has 0 saturated carbocycles. The number of methoxy groups -OCH3 is 1. The highest BCUT2D eigenvalue weighted by atomic mass is 16.5. The quantitative estimate of drug-likeness (QED) is 0.0923. The van der Waals surface area contributed by atoms with Crippen molar-refractivity contribution in [3.8, 4) is 39.5 Å². The van der Waals surface area contributed by atoms with Gasteiger partial charge in [-0.3, -0.25) is 4.90 Å². The Morgan fingerprint density at radius 2 is 0.908 bits per heavy atom. The van der Waals surface area contributed by atoms with E-state index in [1.54, 1.807) is 76.8 Å². The molecule has 0 aliphatic carbocycles. The van der Waals surface area contributed by atoms with Gasteiger partial charge in [-0.1, -0.05) is 38.1 Å². The molecule has 12 rings (SSSR count). The molecule has 0 unspecified atom stereocenters. The Labute approximate surface area is 437 Å². The largest absolute Gasteiger partial charge is 0.497 e. The minimum atomic E-state index is 0.508. The zero-order valence-electron chi connectivity index (χ0n) is 42.4. The minimum Gasteiger partial charge on any atom is -0.497 e. The van der Waals surface area contributed by atoms with Crippen molar-refractivity contribution in [3.05, 3.63) is 194 Å². The fraction of sp³-hybridized carbons (Fsp3) is 0.143. The fourth-order valence-corrected chi connectivity index (χ4v) is 8.24. The maximum Gasteiger partial charge on any atom is 0.227 e. The van der Waals surface area contributed by atoms with Gasteiger partial charge in [0.1, 0.15) is 5.75 Å². The van der Waals surface area contributed by atoms with E-state index in [-0.39, 0.29) is 0 Å². The van der Waals surface area contributed by atoms with Crippen LogP contribution in [0.1, 0.15) is 30.5 Å². The Kier molecular flexibility index (Phi) is 15.1. The average molecular weight is 1010 g/mol. The number of aromatic nitrogens is 15. The van der Waals surface area contributed by atoms with Crippen molar-refractivity contribution in [2.45, 2.75) is 34.2 Å². The normalized spacial score (nSPS) is 11.0. The van der Waals surface area contributed by atoms with Gasteiger partial charge < -0.3 is 20.7 Å². The Balaban J connectivity index is 0.000000130. The predicted octanol–water partition coefficient (Wildman–Crippen LogP) is 10.3. The summed E-state index contributed by atoms with van der Waals surface area (Å²) in [6.07, 6.45) is 15.6. The summed E-state index contributed by atoms with van der Waals surface area (Å²) in [6, 6.07) is 39.5. The third-order valence-corrected chi connectivity index (χ3v) is 12.0. The van der Waals surface area contributed by atoms with Crippen LogP contribution in [0.5, 0.6) is 5.75 Å². The number of nitrogens with one attached hydrogen (secondary N) is 3. The van der Waals surface area contributed by atoms with Crippen LogP contribution in [0.2, 0.25) is 0 Å². The molecule has 3 N–H and O–H groups in total. The molecule has 0 aliphatic heterocycles. The lowest BCUT2D eigenvalue weighted by Crippen LogP contribution is -2.21. The molecule has 76 heavy (non-hydrogen) atoms. The molecule has 0 radical (unpaired) electrons. The first-order chi connectivity index (χ1) is 37.3. The Morgan fingerprint density at radius 1 is 0.447 bits per heavy atom. The number of hydrogen-bond donors (Lipinski definition) is 3. The van der Waals surface area contributed by atoms with E-state index in [4.69, 9.17) is 4.74 Å². The zero-order valence-corrected chi connectivity index (χ0v) is 42.4. The number of aryl methyl sites for hydroxylation is 2. The molecule has 20 nitrogen and oxygen atoms in total. The topological polar surface area (TPSA) is 216 Å². The number of ether oxygens (including phenoxy) is 1. The summed E-state index contributed by atoms with van der Waals surface area (Å²) in [5.41, 5.74) is 14.2. The highest BCUT2D eigenvalue weighted by Crippen LogP contribution is 2.28. The molecular weight excluding hydrogens is 955 g/mol. The van der Waals surface area contributed by atoms with Crippen molar-refractivity contribution in [2.75, 3.05) is 36.1 Å². The molecule has 9 aromatic heterocycles.